The van der Waals surface area contributed by atoms with E-state index in [1.54, 1.807) is 18.2 Å². The smallest absolute Gasteiger partial charge is 0.230 e. The minimum Gasteiger partial charge on any atom is -0.395 e. The minimum absolute atomic E-state index is 0.00554. The van der Waals surface area contributed by atoms with E-state index in [2.05, 4.69) is 54.5 Å². The van der Waals surface area contributed by atoms with Crippen molar-refractivity contribution in [2.75, 3.05) is 36.9 Å². The van der Waals surface area contributed by atoms with Crippen LogP contribution in [0.5, 0.6) is 0 Å². The molecule has 37 heavy (non-hydrogen) atoms. The van der Waals surface area contributed by atoms with E-state index in [0.29, 0.717) is 30.3 Å². The summed E-state index contributed by atoms with van der Waals surface area (Å²) in [5.74, 6) is 6.55. The van der Waals surface area contributed by atoms with Gasteiger partial charge in [0.2, 0.25) is 5.91 Å². The molecule has 0 fully saturated rings. The second kappa shape index (κ2) is 12.6. The average Bonchev–Trinajstić information content (AvgIpc) is 3.33. The van der Waals surface area contributed by atoms with E-state index in [0.717, 1.165) is 29.6 Å². The standard InChI is InChI=1S/C27H28FN7O2/c1-2-35(13-14-36)12-6-5-7-19-10-11-21-24(15-19)29-18-30-27(21)32-25-16-20(33-34-25)17-26(37)31-23-9-4-3-8-22(23)28/h3-4,8-11,15-16,18,36H,2,6,12-14,17H2,1H3,(H,31,37)(H2,29,30,32,33,34). The van der Waals surface area contributed by atoms with E-state index in [1.807, 2.05) is 18.2 Å². The Morgan fingerprint density at radius 3 is 2.84 bits per heavy atom. The summed E-state index contributed by atoms with van der Waals surface area (Å²) in [6, 6.07) is 13.4. The maximum Gasteiger partial charge on any atom is 0.230 e. The van der Waals surface area contributed by atoms with Gasteiger partial charge in [0.05, 0.1) is 24.2 Å². The first-order valence-corrected chi connectivity index (χ1v) is 12.0. The maximum atomic E-state index is 13.8. The topological polar surface area (TPSA) is 119 Å². The number of amides is 1. The Balaban J connectivity index is 1.39. The number of benzene rings is 2. The Morgan fingerprint density at radius 2 is 2.03 bits per heavy atom. The molecule has 0 aliphatic rings. The number of hydrogen-bond acceptors (Lipinski definition) is 7. The Morgan fingerprint density at radius 1 is 1.16 bits per heavy atom. The van der Waals surface area contributed by atoms with Crippen LogP contribution in [0.15, 0.2) is 54.9 Å². The first kappa shape index (κ1) is 25.8. The molecule has 9 nitrogen and oxygen atoms in total. The zero-order valence-electron chi connectivity index (χ0n) is 20.5. The zero-order valence-corrected chi connectivity index (χ0v) is 20.5. The van der Waals surface area contributed by atoms with Gasteiger partial charge in [-0.25, -0.2) is 14.4 Å². The van der Waals surface area contributed by atoms with Gasteiger partial charge >= 0.3 is 0 Å². The number of fused-ring (bicyclic) bond motifs is 1. The summed E-state index contributed by atoms with van der Waals surface area (Å²) in [5, 5.41) is 22.6. The number of carbonyl (C=O) groups excluding carboxylic acids is 1. The predicted octanol–water partition coefficient (Wildman–Crippen LogP) is 3.47. The number of halogens is 1. The number of H-pyrrole nitrogens is 1. The van der Waals surface area contributed by atoms with Crippen LogP contribution in [0, 0.1) is 17.7 Å². The van der Waals surface area contributed by atoms with Crippen molar-refractivity contribution in [2.24, 2.45) is 0 Å². The summed E-state index contributed by atoms with van der Waals surface area (Å²) in [4.78, 5) is 23.1. The molecule has 2 heterocycles. The second-order valence-corrected chi connectivity index (χ2v) is 8.27. The van der Waals surface area contributed by atoms with E-state index in [9.17, 15) is 9.18 Å². The fraction of sp³-hybridized carbons (Fsp3) is 0.259. The number of aromatic nitrogens is 4. The summed E-state index contributed by atoms with van der Waals surface area (Å²) in [5.41, 5.74) is 2.28. The van der Waals surface area contributed by atoms with Crippen LogP contribution in [0.2, 0.25) is 0 Å². The van der Waals surface area contributed by atoms with Gasteiger partial charge in [0.1, 0.15) is 18.0 Å². The Bertz CT molecular complexity index is 1430. The highest BCUT2D eigenvalue weighted by atomic mass is 19.1. The van der Waals surface area contributed by atoms with Crippen molar-refractivity contribution in [1.29, 1.82) is 0 Å². The van der Waals surface area contributed by atoms with Crippen LogP contribution in [0.25, 0.3) is 10.9 Å². The summed E-state index contributed by atoms with van der Waals surface area (Å²) >= 11 is 0. The fourth-order valence-electron chi connectivity index (χ4n) is 3.75. The largest absolute Gasteiger partial charge is 0.395 e. The number of aromatic amines is 1. The average molecular weight is 502 g/mol. The molecule has 0 bridgehead atoms. The van der Waals surface area contributed by atoms with Crippen molar-refractivity contribution in [3.8, 4) is 11.8 Å². The third-order valence-electron chi connectivity index (χ3n) is 5.66. The van der Waals surface area contributed by atoms with Crippen molar-refractivity contribution >= 4 is 34.1 Å². The molecular weight excluding hydrogens is 473 g/mol. The van der Waals surface area contributed by atoms with Gasteiger partial charge in [-0.2, -0.15) is 5.10 Å². The van der Waals surface area contributed by atoms with Gasteiger partial charge < -0.3 is 20.6 Å². The van der Waals surface area contributed by atoms with Crippen LogP contribution in [0.1, 0.15) is 24.6 Å². The highest BCUT2D eigenvalue weighted by Gasteiger charge is 2.11. The van der Waals surface area contributed by atoms with Gasteiger partial charge in [-0.05, 0) is 36.9 Å². The molecule has 0 radical (unpaired) electrons. The number of para-hydroxylation sites is 1. The number of nitrogens with one attached hydrogen (secondary N) is 3. The van der Waals surface area contributed by atoms with E-state index in [4.69, 9.17) is 5.11 Å². The number of aliphatic hydroxyl groups excluding tert-OH is 1. The molecule has 2 aromatic heterocycles. The summed E-state index contributed by atoms with van der Waals surface area (Å²) < 4.78 is 13.8. The number of nitrogens with zero attached hydrogens (tertiary/aromatic N) is 4. The van der Waals surface area contributed by atoms with Crippen molar-refractivity contribution in [2.45, 2.75) is 19.8 Å². The number of aliphatic hydroxyl groups is 1. The monoisotopic (exact) mass is 501 g/mol. The lowest BCUT2D eigenvalue weighted by Crippen LogP contribution is -2.27. The molecule has 0 saturated carbocycles. The molecule has 0 saturated heterocycles. The number of hydrogen-bond donors (Lipinski definition) is 4. The van der Waals surface area contributed by atoms with Crippen molar-refractivity contribution in [3.63, 3.8) is 0 Å². The SMILES string of the molecule is CCN(CCO)CCC#Cc1ccc2c(Nc3cc(CC(=O)Nc4ccccc4F)[nH]n3)ncnc2c1. The van der Waals surface area contributed by atoms with Crippen LogP contribution >= 0.6 is 0 Å². The number of likely N-dealkylation sites (N-methyl/N-ethyl adjacent to an activating group) is 1. The molecule has 0 unspecified atom stereocenters. The molecule has 10 heteroatoms. The van der Waals surface area contributed by atoms with Gasteiger partial charge in [-0.1, -0.05) is 30.9 Å². The first-order chi connectivity index (χ1) is 18.1. The Kier molecular flexibility index (Phi) is 8.75. The lowest BCUT2D eigenvalue weighted by atomic mass is 10.1. The molecular formula is C27H28FN7O2. The lowest BCUT2D eigenvalue weighted by Gasteiger charge is -2.16. The highest BCUT2D eigenvalue weighted by Crippen LogP contribution is 2.23. The molecule has 4 N–H and O–H groups in total. The van der Waals surface area contributed by atoms with Crippen LogP contribution in [0.3, 0.4) is 0 Å². The molecule has 0 aliphatic carbocycles. The Hall–Kier alpha value is -4.33. The summed E-state index contributed by atoms with van der Waals surface area (Å²) in [7, 11) is 0. The predicted molar refractivity (Wildman–Crippen MR) is 141 cm³/mol. The van der Waals surface area contributed by atoms with Crippen LogP contribution < -0.4 is 10.6 Å². The van der Waals surface area contributed by atoms with E-state index in [1.165, 1.54) is 18.5 Å². The first-order valence-electron chi connectivity index (χ1n) is 12.0. The molecule has 4 rings (SSSR count). The second-order valence-electron chi connectivity index (χ2n) is 8.27. The molecule has 4 aromatic rings. The molecule has 1 amide bonds. The van der Waals surface area contributed by atoms with E-state index < -0.39 is 5.82 Å². The summed E-state index contributed by atoms with van der Waals surface area (Å²) in [6.45, 7) is 4.55. The molecule has 0 atom stereocenters. The van der Waals surface area contributed by atoms with E-state index >= 15 is 0 Å². The van der Waals surface area contributed by atoms with E-state index in [-0.39, 0.29) is 24.6 Å². The highest BCUT2D eigenvalue weighted by molar-refractivity contribution is 5.93. The molecule has 0 aliphatic heterocycles. The molecule has 190 valence electrons. The summed E-state index contributed by atoms with van der Waals surface area (Å²) in [6.07, 6.45) is 2.18. The van der Waals surface area contributed by atoms with Gasteiger partial charge in [0, 0.05) is 42.2 Å². The number of carbonyl (C=O) groups is 1. The molecule has 0 spiro atoms. The zero-order chi connectivity index (χ0) is 26.0. The quantitative estimate of drug-likeness (QED) is 0.246. The molecule has 2 aromatic carbocycles. The van der Waals surface area contributed by atoms with Crippen molar-refractivity contribution < 1.29 is 14.3 Å². The fourth-order valence-corrected chi connectivity index (χ4v) is 3.75. The minimum atomic E-state index is -0.492. The third-order valence-corrected chi connectivity index (χ3v) is 5.66. The Labute approximate surface area is 214 Å². The van der Waals surface area contributed by atoms with Crippen molar-refractivity contribution in [3.05, 3.63) is 71.9 Å². The number of rotatable bonds is 10. The third kappa shape index (κ3) is 7.10. The van der Waals surface area contributed by atoms with Crippen LogP contribution in [-0.4, -0.2) is 62.3 Å². The van der Waals surface area contributed by atoms with Gasteiger partial charge in [-0.15, -0.1) is 0 Å². The maximum absolute atomic E-state index is 13.8. The van der Waals surface area contributed by atoms with Crippen molar-refractivity contribution in [1.82, 2.24) is 25.1 Å². The lowest BCUT2D eigenvalue weighted by molar-refractivity contribution is -0.115. The number of anilines is 3. The normalized spacial score (nSPS) is 10.8. The van der Waals surface area contributed by atoms with Gasteiger partial charge in [0.25, 0.3) is 0 Å². The van der Waals surface area contributed by atoms with Gasteiger partial charge in [-0.3, -0.25) is 9.89 Å². The van der Waals surface area contributed by atoms with Crippen LogP contribution in [-0.2, 0) is 11.2 Å². The van der Waals surface area contributed by atoms with Gasteiger partial charge in [0.15, 0.2) is 5.82 Å². The van der Waals surface area contributed by atoms with Crippen LogP contribution in [0.4, 0.5) is 21.7 Å².